The molecule has 0 aromatic heterocycles. The second kappa shape index (κ2) is 9.38. The van der Waals surface area contributed by atoms with Crippen LogP contribution in [0.2, 0.25) is 0 Å². The number of carbonyl (C=O) groups is 2. The van der Waals surface area contributed by atoms with Crippen LogP contribution >= 0.6 is 0 Å². The third-order valence-electron chi connectivity index (χ3n) is 4.96. The minimum absolute atomic E-state index is 0.246. The third-order valence-corrected chi connectivity index (χ3v) is 6.26. The van der Waals surface area contributed by atoms with E-state index in [-0.39, 0.29) is 5.91 Å². The fourth-order valence-corrected chi connectivity index (χ4v) is 4.13. The number of methoxy groups -OCH3 is 1. The van der Waals surface area contributed by atoms with Crippen molar-refractivity contribution in [2.75, 3.05) is 44.9 Å². The molecule has 0 atom stereocenters. The highest BCUT2D eigenvalue weighted by Gasteiger charge is 2.23. The molecule has 1 fully saturated rings. The summed E-state index contributed by atoms with van der Waals surface area (Å²) in [5.41, 5.74) is 2.50. The molecule has 30 heavy (non-hydrogen) atoms. The monoisotopic (exact) mass is 431 g/mol. The minimum Gasteiger partial charge on any atom is -0.465 e. The van der Waals surface area contributed by atoms with Gasteiger partial charge < -0.3 is 10.1 Å². The van der Waals surface area contributed by atoms with E-state index in [2.05, 4.69) is 15.0 Å². The number of benzene rings is 2. The molecule has 8 nitrogen and oxygen atoms in total. The Balaban J connectivity index is 1.60. The van der Waals surface area contributed by atoms with Crippen LogP contribution in [-0.4, -0.2) is 69.0 Å². The first-order chi connectivity index (χ1) is 14.3. The number of piperazine rings is 1. The number of carbonyl (C=O) groups excluding carboxylic acids is 2. The van der Waals surface area contributed by atoms with E-state index in [0.29, 0.717) is 49.5 Å². The molecule has 1 aliphatic rings. The molecule has 160 valence electrons. The van der Waals surface area contributed by atoms with E-state index in [1.54, 1.807) is 30.3 Å². The number of amides is 1. The summed E-state index contributed by atoms with van der Waals surface area (Å²) in [4.78, 5) is 26.3. The van der Waals surface area contributed by atoms with Crippen molar-refractivity contribution in [3.05, 3.63) is 65.2 Å². The van der Waals surface area contributed by atoms with Crippen molar-refractivity contribution in [1.29, 1.82) is 0 Å². The van der Waals surface area contributed by atoms with Crippen LogP contribution in [0, 0.1) is 0 Å². The first-order valence-electron chi connectivity index (χ1n) is 9.52. The molecule has 2 aromatic carbocycles. The summed E-state index contributed by atoms with van der Waals surface area (Å²) in [5.74, 6) is -0.678. The van der Waals surface area contributed by atoms with Crippen LogP contribution in [0.5, 0.6) is 0 Å². The van der Waals surface area contributed by atoms with Gasteiger partial charge in [-0.2, -0.15) is 4.31 Å². The molecule has 0 bridgehead atoms. The Morgan fingerprint density at radius 1 is 1.00 bits per heavy atom. The van der Waals surface area contributed by atoms with Crippen molar-refractivity contribution in [2.45, 2.75) is 6.54 Å². The number of nitrogens with one attached hydrogen (secondary N) is 1. The van der Waals surface area contributed by atoms with Gasteiger partial charge in [0.1, 0.15) is 0 Å². The van der Waals surface area contributed by atoms with Crippen molar-refractivity contribution in [3.8, 4) is 0 Å². The van der Waals surface area contributed by atoms with Crippen LogP contribution in [0.15, 0.2) is 48.5 Å². The van der Waals surface area contributed by atoms with Crippen LogP contribution in [-0.2, 0) is 21.3 Å². The average Bonchev–Trinajstić information content (AvgIpc) is 2.73. The summed E-state index contributed by atoms with van der Waals surface area (Å²) >= 11 is 0. The Labute approximate surface area is 176 Å². The van der Waals surface area contributed by atoms with Crippen molar-refractivity contribution in [2.24, 2.45) is 0 Å². The lowest BCUT2D eigenvalue weighted by Crippen LogP contribution is -2.47. The van der Waals surface area contributed by atoms with Crippen LogP contribution in [0.25, 0.3) is 0 Å². The maximum absolute atomic E-state index is 12.6. The molecule has 1 N–H and O–H groups in total. The summed E-state index contributed by atoms with van der Waals surface area (Å²) in [5, 5.41) is 2.82. The molecule has 1 aliphatic heterocycles. The molecule has 2 aromatic rings. The molecule has 3 rings (SSSR count). The Morgan fingerprint density at radius 2 is 1.67 bits per heavy atom. The molecule has 1 amide bonds. The summed E-state index contributed by atoms with van der Waals surface area (Å²) in [7, 11) is -1.83. The Kier molecular flexibility index (Phi) is 6.86. The second-order valence-corrected chi connectivity index (χ2v) is 9.14. The van der Waals surface area contributed by atoms with Crippen LogP contribution in [0.1, 0.15) is 26.3 Å². The van der Waals surface area contributed by atoms with Gasteiger partial charge in [0.15, 0.2) is 0 Å². The molecular weight excluding hydrogens is 406 g/mol. The van der Waals surface area contributed by atoms with Gasteiger partial charge in [-0.25, -0.2) is 13.2 Å². The van der Waals surface area contributed by atoms with Gasteiger partial charge in [0.05, 0.1) is 18.9 Å². The Hall–Kier alpha value is -2.75. The van der Waals surface area contributed by atoms with E-state index in [1.165, 1.54) is 17.7 Å². The predicted octanol–water partition coefficient (Wildman–Crippen LogP) is 1.80. The van der Waals surface area contributed by atoms with E-state index in [9.17, 15) is 18.0 Å². The molecule has 0 saturated carbocycles. The summed E-state index contributed by atoms with van der Waals surface area (Å²) in [6, 6.07) is 13.8. The third kappa shape index (κ3) is 5.65. The standard InChI is InChI=1S/C21H25N3O5S/c1-29-21(26)17-6-8-19(9-7-17)22-20(25)18-5-3-4-16(14-18)15-23-10-12-24(13-11-23)30(2,27)28/h3-9,14H,10-13,15H2,1-2H3,(H,22,25). The van der Waals surface area contributed by atoms with Crippen molar-refractivity contribution in [1.82, 2.24) is 9.21 Å². The molecule has 0 radical (unpaired) electrons. The fraction of sp³-hybridized carbons (Fsp3) is 0.333. The molecule has 1 heterocycles. The first-order valence-corrected chi connectivity index (χ1v) is 11.4. The second-order valence-electron chi connectivity index (χ2n) is 7.16. The van der Waals surface area contributed by atoms with Gasteiger partial charge in [-0.05, 0) is 42.0 Å². The quantitative estimate of drug-likeness (QED) is 0.701. The van der Waals surface area contributed by atoms with Gasteiger partial charge in [-0.15, -0.1) is 0 Å². The fourth-order valence-electron chi connectivity index (χ4n) is 3.30. The Morgan fingerprint density at radius 3 is 2.27 bits per heavy atom. The zero-order valence-corrected chi connectivity index (χ0v) is 17.8. The lowest BCUT2D eigenvalue weighted by molar-refractivity contribution is 0.0600. The molecule has 9 heteroatoms. The van der Waals surface area contributed by atoms with Gasteiger partial charge in [-0.1, -0.05) is 12.1 Å². The lowest BCUT2D eigenvalue weighted by atomic mass is 10.1. The number of rotatable bonds is 6. The van der Waals surface area contributed by atoms with E-state index < -0.39 is 16.0 Å². The van der Waals surface area contributed by atoms with Crippen molar-refractivity contribution >= 4 is 27.6 Å². The summed E-state index contributed by atoms with van der Waals surface area (Å²) in [6.45, 7) is 2.89. The smallest absolute Gasteiger partial charge is 0.337 e. The number of anilines is 1. The predicted molar refractivity (Wildman–Crippen MR) is 114 cm³/mol. The highest BCUT2D eigenvalue weighted by molar-refractivity contribution is 7.88. The van der Waals surface area contributed by atoms with Gasteiger partial charge in [-0.3, -0.25) is 9.69 Å². The summed E-state index contributed by atoms with van der Waals surface area (Å²) < 4.78 is 29.4. The van der Waals surface area contributed by atoms with Gasteiger partial charge in [0, 0.05) is 44.0 Å². The van der Waals surface area contributed by atoms with Crippen LogP contribution < -0.4 is 5.32 Å². The SMILES string of the molecule is COC(=O)c1ccc(NC(=O)c2cccc(CN3CCN(S(C)(=O)=O)CC3)c2)cc1. The molecule has 0 spiro atoms. The highest BCUT2D eigenvalue weighted by atomic mass is 32.2. The zero-order chi connectivity index (χ0) is 21.7. The summed E-state index contributed by atoms with van der Waals surface area (Å²) in [6.07, 6.45) is 1.23. The number of sulfonamides is 1. The Bertz CT molecular complexity index is 1010. The maximum Gasteiger partial charge on any atom is 0.337 e. The van der Waals surface area contributed by atoms with Crippen LogP contribution in [0.3, 0.4) is 0 Å². The van der Waals surface area contributed by atoms with E-state index in [0.717, 1.165) is 5.56 Å². The van der Waals surface area contributed by atoms with Gasteiger partial charge in [0.25, 0.3) is 5.91 Å². The number of ether oxygens (including phenoxy) is 1. The molecule has 1 saturated heterocycles. The maximum atomic E-state index is 12.6. The van der Waals surface area contributed by atoms with E-state index in [4.69, 9.17) is 0 Å². The number of hydrogen-bond donors (Lipinski definition) is 1. The zero-order valence-electron chi connectivity index (χ0n) is 17.0. The molecule has 0 unspecified atom stereocenters. The molecular formula is C21H25N3O5S. The van der Waals surface area contributed by atoms with Gasteiger partial charge >= 0.3 is 5.97 Å². The number of esters is 1. The van der Waals surface area contributed by atoms with Crippen LogP contribution in [0.4, 0.5) is 5.69 Å². The van der Waals surface area contributed by atoms with E-state index in [1.807, 2.05) is 18.2 Å². The number of nitrogens with zero attached hydrogens (tertiary/aromatic N) is 2. The van der Waals surface area contributed by atoms with Crippen molar-refractivity contribution < 1.29 is 22.7 Å². The van der Waals surface area contributed by atoms with E-state index >= 15 is 0 Å². The van der Waals surface area contributed by atoms with Gasteiger partial charge in [0.2, 0.25) is 10.0 Å². The lowest BCUT2D eigenvalue weighted by Gasteiger charge is -2.33. The minimum atomic E-state index is -3.15. The average molecular weight is 432 g/mol. The topological polar surface area (TPSA) is 96.0 Å². The van der Waals surface area contributed by atoms with Crippen molar-refractivity contribution in [3.63, 3.8) is 0 Å². The normalized spacial score (nSPS) is 15.5. The first kappa shape index (κ1) is 21.9. The highest BCUT2D eigenvalue weighted by Crippen LogP contribution is 2.15. The largest absolute Gasteiger partial charge is 0.465 e. The molecule has 0 aliphatic carbocycles. The number of hydrogen-bond acceptors (Lipinski definition) is 6.